The Morgan fingerprint density at radius 1 is 1.30 bits per heavy atom. The van der Waals surface area contributed by atoms with Gasteiger partial charge in [-0.05, 0) is 30.3 Å². The highest BCUT2D eigenvalue weighted by atomic mass is 35.5. The fourth-order valence-electron chi connectivity index (χ4n) is 1.64. The molecule has 0 saturated heterocycles. The topological polar surface area (TPSA) is 72.5 Å². The van der Waals surface area contributed by atoms with Gasteiger partial charge >= 0.3 is 5.97 Å². The molecule has 0 fully saturated rings. The molecule has 0 spiro atoms. The maximum absolute atomic E-state index is 13.1. The van der Waals surface area contributed by atoms with Crippen LogP contribution < -0.4 is 10.5 Å². The normalized spacial score (nSPS) is 10.3. The first-order chi connectivity index (χ1) is 9.47. The van der Waals surface area contributed by atoms with Gasteiger partial charge in [0, 0.05) is 22.3 Å². The van der Waals surface area contributed by atoms with E-state index in [1.807, 2.05) is 0 Å². The van der Waals surface area contributed by atoms with Gasteiger partial charge in [0.1, 0.15) is 18.2 Å². The molecule has 104 valence electrons. The van der Waals surface area contributed by atoms with Gasteiger partial charge in [0.15, 0.2) is 0 Å². The highest BCUT2D eigenvalue weighted by Crippen LogP contribution is 2.23. The van der Waals surface area contributed by atoms with Gasteiger partial charge in [-0.25, -0.2) is 9.18 Å². The molecule has 0 aliphatic heterocycles. The molecule has 0 heterocycles. The number of aromatic carboxylic acids is 1. The van der Waals surface area contributed by atoms with Gasteiger partial charge < -0.3 is 15.6 Å². The van der Waals surface area contributed by atoms with E-state index in [1.165, 1.54) is 36.4 Å². The van der Waals surface area contributed by atoms with Crippen LogP contribution in [0.3, 0.4) is 0 Å². The number of anilines is 1. The molecular formula is C14H11ClFNO3. The van der Waals surface area contributed by atoms with E-state index in [0.29, 0.717) is 16.3 Å². The van der Waals surface area contributed by atoms with Gasteiger partial charge in [-0.3, -0.25) is 0 Å². The molecule has 4 nitrogen and oxygen atoms in total. The first kappa shape index (κ1) is 14.1. The van der Waals surface area contributed by atoms with Crippen LogP contribution in [0.2, 0.25) is 5.02 Å². The number of carboxylic acids is 1. The van der Waals surface area contributed by atoms with Gasteiger partial charge in [-0.15, -0.1) is 0 Å². The van der Waals surface area contributed by atoms with Crippen molar-refractivity contribution in [3.63, 3.8) is 0 Å². The zero-order chi connectivity index (χ0) is 14.7. The highest BCUT2D eigenvalue weighted by molar-refractivity contribution is 6.31. The molecule has 0 aliphatic carbocycles. The summed E-state index contributed by atoms with van der Waals surface area (Å²) in [7, 11) is 0. The lowest BCUT2D eigenvalue weighted by atomic mass is 10.2. The van der Waals surface area contributed by atoms with Crippen molar-refractivity contribution in [2.45, 2.75) is 6.61 Å². The number of carbonyl (C=O) groups is 1. The summed E-state index contributed by atoms with van der Waals surface area (Å²) in [6.07, 6.45) is 0. The Labute approximate surface area is 119 Å². The molecule has 0 unspecified atom stereocenters. The summed E-state index contributed by atoms with van der Waals surface area (Å²) in [5.41, 5.74) is 6.19. The van der Waals surface area contributed by atoms with E-state index in [9.17, 15) is 9.18 Å². The second kappa shape index (κ2) is 5.79. The molecule has 0 saturated carbocycles. The Kier molecular flexibility index (Phi) is 4.10. The van der Waals surface area contributed by atoms with Crippen LogP contribution in [0, 0.1) is 5.82 Å². The maximum atomic E-state index is 13.1. The number of nitrogen functional groups attached to an aromatic ring is 1. The Balaban J connectivity index is 2.13. The van der Waals surface area contributed by atoms with Crippen molar-refractivity contribution < 1.29 is 19.0 Å². The molecule has 2 aromatic carbocycles. The summed E-state index contributed by atoms with van der Waals surface area (Å²) in [6.45, 7) is 0.0580. The smallest absolute Gasteiger partial charge is 0.337 e. The predicted molar refractivity (Wildman–Crippen MR) is 73.6 cm³/mol. The average molecular weight is 296 g/mol. The molecule has 0 bridgehead atoms. The summed E-state index contributed by atoms with van der Waals surface area (Å²) in [6, 6.07) is 8.20. The van der Waals surface area contributed by atoms with E-state index in [-0.39, 0.29) is 17.9 Å². The third kappa shape index (κ3) is 3.19. The van der Waals surface area contributed by atoms with Crippen LogP contribution in [0.15, 0.2) is 36.4 Å². The number of nitrogens with two attached hydrogens (primary N) is 1. The van der Waals surface area contributed by atoms with E-state index in [2.05, 4.69) is 0 Å². The van der Waals surface area contributed by atoms with Gasteiger partial charge in [-0.1, -0.05) is 11.6 Å². The van der Waals surface area contributed by atoms with Gasteiger partial charge in [0.25, 0.3) is 0 Å². The predicted octanol–water partition coefficient (Wildman–Crippen LogP) is 3.34. The van der Waals surface area contributed by atoms with Crippen LogP contribution in [0.5, 0.6) is 5.75 Å². The fraction of sp³-hybridized carbons (Fsp3) is 0.0714. The van der Waals surface area contributed by atoms with Crippen molar-refractivity contribution in [1.29, 1.82) is 0 Å². The van der Waals surface area contributed by atoms with Crippen LogP contribution >= 0.6 is 11.6 Å². The fourth-order valence-corrected chi connectivity index (χ4v) is 1.81. The molecular weight excluding hydrogens is 285 g/mol. The van der Waals surface area contributed by atoms with Gasteiger partial charge in [0.2, 0.25) is 0 Å². The Bertz CT molecular complexity index is 661. The second-order valence-corrected chi connectivity index (χ2v) is 4.49. The monoisotopic (exact) mass is 295 g/mol. The molecule has 0 aromatic heterocycles. The summed E-state index contributed by atoms with van der Waals surface area (Å²) in [5, 5.41) is 9.24. The number of rotatable bonds is 4. The Hall–Kier alpha value is -2.27. The summed E-state index contributed by atoms with van der Waals surface area (Å²) >= 11 is 5.91. The third-order valence-electron chi connectivity index (χ3n) is 2.66. The molecule has 0 atom stereocenters. The van der Waals surface area contributed by atoms with Crippen molar-refractivity contribution in [3.8, 4) is 5.75 Å². The largest absolute Gasteiger partial charge is 0.489 e. The number of hydrogen-bond donors (Lipinski definition) is 2. The quantitative estimate of drug-likeness (QED) is 0.849. The van der Waals surface area contributed by atoms with Crippen LogP contribution in [0.25, 0.3) is 0 Å². The number of ether oxygens (including phenoxy) is 1. The number of benzene rings is 2. The number of carboxylic acid groups (broad SMARTS) is 1. The van der Waals surface area contributed by atoms with Crippen LogP contribution in [-0.2, 0) is 6.61 Å². The first-order valence-electron chi connectivity index (χ1n) is 5.67. The minimum atomic E-state index is -1.11. The van der Waals surface area contributed by atoms with E-state index in [1.54, 1.807) is 0 Å². The Morgan fingerprint density at radius 2 is 2.05 bits per heavy atom. The van der Waals surface area contributed by atoms with E-state index >= 15 is 0 Å². The second-order valence-electron chi connectivity index (χ2n) is 4.08. The average Bonchev–Trinajstić information content (AvgIpc) is 2.39. The minimum Gasteiger partial charge on any atom is -0.489 e. The Morgan fingerprint density at radius 3 is 2.70 bits per heavy atom. The summed E-state index contributed by atoms with van der Waals surface area (Å²) in [4.78, 5) is 10.8. The molecule has 0 radical (unpaired) electrons. The summed E-state index contributed by atoms with van der Waals surface area (Å²) < 4.78 is 18.5. The van der Waals surface area contributed by atoms with Crippen molar-refractivity contribution >= 4 is 23.3 Å². The molecule has 2 rings (SSSR count). The lowest BCUT2D eigenvalue weighted by molar-refractivity contribution is 0.0698. The molecule has 0 amide bonds. The lowest BCUT2D eigenvalue weighted by Gasteiger charge is -2.09. The lowest BCUT2D eigenvalue weighted by Crippen LogP contribution is -2.03. The van der Waals surface area contributed by atoms with Crippen LogP contribution in [0.4, 0.5) is 10.1 Å². The van der Waals surface area contributed by atoms with Crippen molar-refractivity contribution in [2.24, 2.45) is 0 Å². The molecule has 20 heavy (non-hydrogen) atoms. The maximum Gasteiger partial charge on any atom is 0.337 e. The molecule has 6 heteroatoms. The van der Waals surface area contributed by atoms with E-state index in [4.69, 9.17) is 27.2 Å². The van der Waals surface area contributed by atoms with Crippen molar-refractivity contribution in [2.75, 3.05) is 5.73 Å². The van der Waals surface area contributed by atoms with Crippen molar-refractivity contribution in [1.82, 2.24) is 0 Å². The van der Waals surface area contributed by atoms with Crippen LogP contribution in [0.1, 0.15) is 15.9 Å². The zero-order valence-corrected chi connectivity index (χ0v) is 11.0. The number of halogens is 2. The summed E-state index contributed by atoms with van der Waals surface area (Å²) in [5.74, 6) is -1.14. The van der Waals surface area contributed by atoms with Gasteiger partial charge in [-0.2, -0.15) is 0 Å². The first-order valence-corrected chi connectivity index (χ1v) is 6.04. The molecule has 2 aromatic rings. The van der Waals surface area contributed by atoms with E-state index < -0.39 is 11.8 Å². The van der Waals surface area contributed by atoms with Gasteiger partial charge in [0.05, 0.1) is 5.56 Å². The third-order valence-corrected chi connectivity index (χ3v) is 3.02. The molecule has 3 N–H and O–H groups in total. The van der Waals surface area contributed by atoms with Crippen molar-refractivity contribution in [3.05, 3.63) is 58.4 Å². The van der Waals surface area contributed by atoms with E-state index in [0.717, 1.165) is 0 Å². The SMILES string of the molecule is Nc1cc(OCc2cc(F)ccc2Cl)ccc1C(=O)O. The van der Waals surface area contributed by atoms with Crippen LogP contribution in [-0.4, -0.2) is 11.1 Å². The molecule has 0 aliphatic rings. The highest BCUT2D eigenvalue weighted by Gasteiger charge is 2.09. The number of hydrogen-bond acceptors (Lipinski definition) is 3. The zero-order valence-electron chi connectivity index (χ0n) is 10.3. The minimum absolute atomic E-state index is 0.00105. The standard InChI is InChI=1S/C14H11ClFNO3/c15-12-4-1-9(16)5-8(12)7-20-10-2-3-11(14(18)19)13(17)6-10/h1-6H,7,17H2,(H,18,19).